The van der Waals surface area contributed by atoms with Gasteiger partial charge in [0.05, 0.1) is 26.2 Å². The van der Waals surface area contributed by atoms with Gasteiger partial charge in [-0.2, -0.15) is 0 Å². The van der Waals surface area contributed by atoms with Crippen molar-refractivity contribution in [2.24, 2.45) is 0 Å². The second-order valence-corrected chi connectivity index (χ2v) is 18.2. The van der Waals surface area contributed by atoms with Crippen molar-refractivity contribution >= 4 is 67.5 Å². The molecule has 4 aromatic heterocycles. The van der Waals surface area contributed by atoms with Crippen LogP contribution in [0.4, 0.5) is 0 Å². The number of benzene rings is 4. The van der Waals surface area contributed by atoms with Crippen LogP contribution >= 0.6 is 0 Å². The molecular weight excluding hydrogens is 865 g/mol. The number of nitrogens with one attached hydrogen (secondary N) is 4. The molecule has 4 atom stereocenters. The summed E-state index contributed by atoms with van der Waals surface area (Å²) >= 11 is 0. The fraction of sp³-hybridized carbons (Fsp3) is 0.308. The maximum absolute atomic E-state index is 13.2. The predicted molar refractivity (Wildman–Crippen MR) is 260 cm³/mol. The van der Waals surface area contributed by atoms with E-state index in [1.54, 1.807) is 0 Å². The quantitative estimate of drug-likeness (QED) is 0.0566. The van der Waals surface area contributed by atoms with Crippen LogP contribution in [0.1, 0.15) is 22.3 Å². The molecule has 9 rings (SSSR count). The van der Waals surface area contributed by atoms with Crippen LogP contribution in [0.2, 0.25) is 0 Å². The first kappa shape index (κ1) is 45.9. The van der Waals surface area contributed by atoms with E-state index >= 15 is 0 Å². The average Bonchev–Trinajstić information content (AvgIpc) is 4.12. The first-order chi connectivity index (χ1) is 32.9. The van der Waals surface area contributed by atoms with Crippen molar-refractivity contribution in [2.45, 2.75) is 49.9 Å². The van der Waals surface area contributed by atoms with Gasteiger partial charge in [-0.15, -0.1) is 0 Å². The van der Waals surface area contributed by atoms with Crippen LogP contribution < -0.4 is 0 Å². The van der Waals surface area contributed by atoms with Crippen molar-refractivity contribution < 1.29 is 39.6 Å². The molecule has 1 aliphatic heterocycles. The molecule has 0 saturated carbocycles. The first-order valence-corrected chi connectivity index (χ1v) is 23.0. The lowest BCUT2D eigenvalue weighted by molar-refractivity contribution is -0.144. The lowest BCUT2D eigenvalue weighted by Crippen LogP contribution is -2.61. The summed E-state index contributed by atoms with van der Waals surface area (Å²) in [4.78, 5) is 73.6. The zero-order valence-electron chi connectivity index (χ0n) is 37.6. The Hall–Kier alpha value is -7.24. The number of para-hydroxylation sites is 4. The fourth-order valence-electron chi connectivity index (χ4n) is 10.6. The molecule has 1 fully saturated rings. The summed E-state index contributed by atoms with van der Waals surface area (Å²) in [5.74, 6) is -4.33. The number of H-pyrrole nitrogens is 4. The van der Waals surface area contributed by atoms with Gasteiger partial charge in [-0.3, -0.25) is 38.8 Å². The third kappa shape index (κ3) is 10.5. The van der Waals surface area contributed by atoms with Gasteiger partial charge < -0.3 is 40.4 Å². The van der Waals surface area contributed by atoms with Crippen molar-refractivity contribution in [1.29, 1.82) is 0 Å². The number of hydrogen-bond donors (Lipinski definition) is 8. The summed E-state index contributed by atoms with van der Waals surface area (Å²) in [6, 6.07) is 28.9. The summed E-state index contributed by atoms with van der Waals surface area (Å²) in [5.41, 5.74) is 7.25. The minimum atomic E-state index is -1.08. The predicted octanol–water partition coefficient (Wildman–Crippen LogP) is 5.92. The average molecular weight is 921 g/mol. The van der Waals surface area contributed by atoms with E-state index in [4.69, 9.17) is 0 Å². The van der Waals surface area contributed by atoms with Crippen LogP contribution in [0.5, 0.6) is 0 Å². The molecule has 8 aromatic rings. The summed E-state index contributed by atoms with van der Waals surface area (Å²) in [6.07, 6.45) is 8.96. The number of aromatic amines is 4. The number of aliphatic carboxylic acids is 4. The van der Waals surface area contributed by atoms with Gasteiger partial charge in [-0.25, -0.2) is 0 Å². The number of carboxylic acids is 4. The van der Waals surface area contributed by atoms with Crippen molar-refractivity contribution in [3.63, 3.8) is 0 Å². The maximum Gasteiger partial charge on any atom is 0.317 e. The molecule has 16 heteroatoms. The molecule has 0 aliphatic carbocycles. The molecule has 4 aromatic carbocycles. The van der Waals surface area contributed by atoms with E-state index in [0.29, 0.717) is 25.7 Å². The fourth-order valence-corrected chi connectivity index (χ4v) is 10.6. The molecule has 0 bridgehead atoms. The second kappa shape index (κ2) is 20.3. The standard InChI is InChI=1S/C52H56N8O8/c61-49(62)29-57-26-38(18-34-22-54-46-14-6-2-10-42(34)46)59(31-51(65)66)28-40(20-36-24-56-48-16-8-4-12-44(36)48)60(32-52(67)68)27-39(19-35-23-55-47-15-7-3-11-43(35)47)58(30-50(63)64)25-37(57)17-33-21-53-45-13-5-1-9-41(33)45/h1-16,21-24,37-40,53-56H,17-20,25-32H2,(H,61,62)(H,63,64)(H,65,66)(H,67,68)/t37-,38-,39-,40-/m0/s1. The van der Waals surface area contributed by atoms with Crippen molar-refractivity contribution in [3.8, 4) is 0 Å². The number of fused-ring (bicyclic) bond motifs is 4. The number of nitrogens with zero attached hydrogens (tertiary/aromatic N) is 4. The van der Waals surface area contributed by atoms with Gasteiger partial charge in [-0.05, 0) is 72.2 Å². The molecule has 0 radical (unpaired) electrons. The monoisotopic (exact) mass is 920 g/mol. The molecule has 1 saturated heterocycles. The lowest BCUT2D eigenvalue weighted by Gasteiger charge is -2.45. The van der Waals surface area contributed by atoms with Crippen LogP contribution in [0.15, 0.2) is 122 Å². The molecule has 352 valence electrons. The Balaban J connectivity index is 1.24. The van der Waals surface area contributed by atoms with E-state index < -0.39 is 74.2 Å². The van der Waals surface area contributed by atoms with Crippen LogP contribution in [-0.2, 0) is 44.9 Å². The Kier molecular flexibility index (Phi) is 13.7. The third-order valence-electron chi connectivity index (χ3n) is 13.7. The second-order valence-electron chi connectivity index (χ2n) is 18.2. The first-order valence-electron chi connectivity index (χ1n) is 23.0. The number of carbonyl (C=O) groups is 4. The maximum atomic E-state index is 13.2. The zero-order valence-corrected chi connectivity index (χ0v) is 37.6. The Labute approximate surface area is 391 Å². The van der Waals surface area contributed by atoms with Gasteiger partial charge in [0.2, 0.25) is 0 Å². The molecule has 16 nitrogen and oxygen atoms in total. The molecule has 0 amide bonds. The molecule has 1 aliphatic rings. The van der Waals surface area contributed by atoms with Crippen LogP contribution in [0.25, 0.3) is 43.6 Å². The van der Waals surface area contributed by atoms with Crippen LogP contribution in [0, 0.1) is 0 Å². The van der Waals surface area contributed by atoms with E-state index in [0.717, 1.165) is 65.9 Å². The van der Waals surface area contributed by atoms with Crippen molar-refractivity contribution in [1.82, 2.24) is 39.5 Å². The Morgan fingerprint density at radius 3 is 0.779 bits per heavy atom. The van der Waals surface area contributed by atoms with Gasteiger partial charge in [0, 0.05) is 119 Å². The number of rotatable bonds is 16. The molecular formula is C52H56N8O8. The highest BCUT2D eigenvalue weighted by molar-refractivity contribution is 5.85. The number of carboxylic acid groups (broad SMARTS) is 4. The van der Waals surface area contributed by atoms with E-state index in [-0.39, 0.29) is 26.2 Å². The summed E-state index contributed by atoms with van der Waals surface area (Å²) in [5, 5.41) is 46.8. The van der Waals surface area contributed by atoms with Gasteiger partial charge in [0.1, 0.15) is 0 Å². The minimum absolute atomic E-state index is 0.0961. The third-order valence-corrected chi connectivity index (χ3v) is 13.7. The summed E-state index contributed by atoms with van der Waals surface area (Å²) < 4.78 is 0. The highest BCUT2D eigenvalue weighted by atomic mass is 16.4. The highest BCUT2D eigenvalue weighted by Gasteiger charge is 2.38. The van der Waals surface area contributed by atoms with Crippen LogP contribution in [0.3, 0.4) is 0 Å². The van der Waals surface area contributed by atoms with Gasteiger partial charge in [-0.1, -0.05) is 72.8 Å². The minimum Gasteiger partial charge on any atom is -0.480 e. The normalized spacial score (nSPS) is 19.6. The van der Waals surface area contributed by atoms with Crippen molar-refractivity contribution in [2.75, 3.05) is 52.4 Å². The molecule has 68 heavy (non-hydrogen) atoms. The van der Waals surface area contributed by atoms with E-state index in [2.05, 4.69) is 19.9 Å². The van der Waals surface area contributed by atoms with Crippen LogP contribution in [-0.4, -0.2) is 160 Å². The lowest BCUT2D eigenvalue weighted by atomic mass is 9.95. The van der Waals surface area contributed by atoms with Gasteiger partial charge in [0.25, 0.3) is 0 Å². The van der Waals surface area contributed by atoms with Crippen molar-refractivity contribution in [3.05, 3.63) is 144 Å². The van der Waals surface area contributed by atoms with E-state index in [1.807, 2.05) is 141 Å². The number of hydrogen-bond acceptors (Lipinski definition) is 8. The SMILES string of the molecule is O=C(O)CN1C[C@H](Cc2c[nH]c3ccccc23)N(CC(=O)O)C[C@H](Cc2c[nH]c3ccccc23)N(CC(=O)O)C[C@H](Cc2c[nH]c3ccccc23)N(CC(=O)O)C[C@@H]1Cc1c[nH]c2ccccc12. The Bertz CT molecular complexity index is 2650. The Morgan fingerprint density at radius 1 is 0.368 bits per heavy atom. The summed E-state index contributed by atoms with van der Waals surface area (Å²) in [6.45, 7) is -1.24. The summed E-state index contributed by atoms with van der Waals surface area (Å²) in [7, 11) is 0. The van der Waals surface area contributed by atoms with Gasteiger partial charge in [0.15, 0.2) is 0 Å². The number of aromatic nitrogens is 4. The largest absolute Gasteiger partial charge is 0.480 e. The molecule has 8 N–H and O–H groups in total. The molecule has 0 unspecified atom stereocenters. The highest BCUT2D eigenvalue weighted by Crippen LogP contribution is 2.29. The van der Waals surface area contributed by atoms with E-state index in [1.165, 1.54) is 0 Å². The smallest absolute Gasteiger partial charge is 0.317 e. The van der Waals surface area contributed by atoms with Gasteiger partial charge >= 0.3 is 23.9 Å². The topological polar surface area (TPSA) is 225 Å². The zero-order chi connectivity index (χ0) is 47.3. The van der Waals surface area contributed by atoms with E-state index in [9.17, 15) is 39.6 Å². The molecule has 0 spiro atoms. The Morgan fingerprint density at radius 2 is 0.574 bits per heavy atom. The molecule has 5 heterocycles.